The van der Waals surface area contributed by atoms with E-state index in [1.54, 1.807) is 11.3 Å². The Bertz CT molecular complexity index is 861. The predicted octanol–water partition coefficient (Wildman–Crippen LogP) is 5.11. The van der Waals surface area contributed by atoms with E-state index in [4.69, 9.17) is 4.74 Å². The third-order valence-electron chi connectivity index (χ3n) is 5.04. The number of likely N-dealkylation sites (tertiary alicyclic amines) is 1. The topological polar surface area (TPSA) is 54.5 Å². The summed E-state index contributed by atoms with van der Waals surface area (Å²) in [6.07, 6.45) is -2.47. The maximum atomic E-state index is 13.1. The van der Waals surface area contributed by atoms with Crippen molar-refractivity contribution >= 4 is 22.9 Å². The number of halogens is 3. The molecule has 0 bridgehead atoms. The van der Waals surface area contributed by atoms with E-state index in [9.17, 15) is 18.0 Å². The van der Waals surface area contributed by atoms with Gasteiger partial charge in [0.25, 0.3) is 0 Å². The molecule has 1 aliphatic heterocycles. The number of carbonyl (C=O) groups is 1. The van der Waals surface area contributed by atoms with Crippen LogP contribution in [0.15, 0.2) is 23.6 Å². The minimum atomic E-state index is -4.48. The quantitative estimate of drug-likeness (QED) is 0.649. The molecule has 9 heteroatoms. The lowest BCUT2D eigenvalue weighted by molar-refractivity contribution is -0.137. The molecule has 164 valence electrons. The zero-order chi connectivity index (χ0) is 21.7. The van der Waals surface area contributed by atoms with Crippen LogP contribution in [0.5, 0.6) is 5.75 Å². The molecule has 1 N–H and O–H groups in total. The second-order valence-corrected chi connectivity index (χ2v) is 8.52. The second-order valence-electron chi connectivity index (χ2n) is 7.45. The van der Waals surface area contributed by atoms with Crippen molar-refractivity contribution in [1.29, 1.82) is 0 Å². The van der Waals surface area contributed by atoms with Gasteiger partial charge in [-0.3, -0.25) is 9.69 Å². The van der Waals surface area contributed by atoms with Crippen LogP contribution in [0.4, 0.5) is 18.9 Å². The lowest BCUT2D eigenvalue weighted by Crippen LogP contribution is -2.37. The number of benzene rings is 1. The smallest absolute Gasteiger partial charge is 0.416 e. The molecule has 0 unspecified atom stereocenters. The van der Waals surface area contributed by atoms with Gasteiger partial charge in [-0.05, 0) is 57.5 Å². The first kappa shape index (κ1) is 22.6. The fourth-order valence-electron chi connectivity index (χ4n) is 3.44. The highest BCUT2D eigenvalue weighted by Crippen LogP contribution is 2.35. The fraction of sp³-hybridized carbons (Fsp3) is 0.524. The summed E-state index contributed by atoms with van der Waals surface area (Å²) in [6.45, 7) is 6.48. The number of anilines is 1. The number of hydrogen-bond acceptors (Lipinski definition) is 5. The second kappa shape index (κ2) is 9.78. The standard InChI is InChI=1S/C21H26F3N3O2S/c1-3-10-29-19-5-4-16(21(22,23)24)11-18(19)26-20(28)15-6-8-27(9-7-15)12-17-13-30-14(2)25-17/h4-5,11,13,15H,3,6-10,12H2,1-2H3,(H,26,28). The van der Waals surface area contributed by atoms with Crippen LogP contribution in [-0.2, 0) is 17.5 Å². The summed E-state index contributed by atoms with van der Waals surface area (Å²) in [5.74, 6) is -0.249. The van der Waals surface area contributed by atoms with Gasteiger partial charge in [0.1, 0.15) is 5.75 Å². The van der Waals surface area contributed by atoms with Gasteiger partial charge in [0.2, 0.25) is 5.91 Å². The van der Waals surface area contributed by atoms with Crippen LogP contribution in [0.1, 0.15) is 42.5 Å². The average Bonchev–Trinajstić information content (AvgIpc) is 3.11. The number of thiazole rings is 1. The summed E-state index contributed by atoms with van der Waals surface area (Å²) in [5.41, 5.74) is 0.292. The van der Waals surface area contributed by atoms with Crippen LogP contribution < -0.4 is 10.1 Å². The summed E-state index contributed by atoms with van der Waals surface area (Å²) in [5, 5.41) is 5.75. The molecule has 1 aliphatic rings. The van der Waals surface area contributed by atoms with Crippen molar-refractivity contribution in [2.24, 2.45) is 5.92 Å². The zero-order valence-electron chi connectivity index (χ0n) is 17.1. The average molecular weight is 442 g/mol. The molecule has 5 nitrogen and oxygen atoms in total. The number of aromatic nitrogens is 1. The van der Waals surface area contributed by atoms with E-state index in [1.807, 2.05) is 19.2 Å². The van der Waals surface area contributed by atoms with Gasteiger partial charge in [0, 0.05) is 17.8 Å². The van der Waals surface area contributed by atoms with Crippen molar-refractivity contribution in [2.45, 2.75) is 45.8 Å². The predicted molar refractivity (Wildman–Crippen MR) is 111 cm³/mol. The van der Waals surface area contributed by atoms with Gasteiger partial charge in [-0.15, -0.1) is 11.3 Å². The summed E-state index contributed by atoms with van der Waals surface area (Å²) in [6, 6.07) is 3.19. The SMILES string of the molecule is CCCOc1ccc(C(F)(F)F)cc1NC(=O)C1CCN(Cc2csc(C)n2)CC1. The zero-order valence-corrected chi connectivity index (χ0v) is 17.9. The Balaban J connectivity index is 1.62. The van der Waals surface area contributed by atoms with Crippen molar-refractivity contribution in [2.75, 3.05) is 25.0 Å². The van der Waals surface area contributed by atoms with Gasteiger partial charge < -0.3 is 10.1 Å². The summed E-state index contributed by atoms with van der Waals surface area (Å²) in [4.78, 5) is 19.5. The summed E-state index contributed by atoms with van der Waals surface area (Å²) < 4.78 is 44.8. The molecule has 1 fully saturated rings. The highest BCUT2D eigenvalue weighted by atomic mass is 32.1. The molecular weight excluding hydrogens is 415 g/mol. The third-order valence-corrected chi connectivity index (χ3v) is 5.86. The molecule has 1 aromatic carbocycles. The maximum Gasteiger partial charge on any atom is 0.416 e. The normalized spacial score (nSPS) is 15.9. The minimum absolute atomic E-state index is 0.0728. The molecule has 0 atom stereocenters. The number of hydrogen-bond donors (Lipinski definition) is 1. The first-order chi connectivity index (χ1) is 14.3. The van der Waals surface area contributed by atoms with Crippen LogP contribution in [0.25, 0.3) is 0 Å². The Morgan fingerprint density at radius 3 is 2.67 bits per heavy atom. The van der Waals surface area contributed by atoms with Crippen LogP contribution in [-0.4, -0.2) is 35.5 Å². The summed E-state index contributed by atoms with van der Waals surface area (Å²) in [7, 11) is 0. The lowest BCUT2D eigenvalue weighted by Gasteiger charge is -2.30. The van der Waals surface area contributed by atoms with Crippen molar-refractivity contribution in [3.05, 3.63) is 39.8 Å². The molecule has 3 rings (SSSR count). The molecule has 0 spiro atoms. The van der Waals surface area contributed by atoms with Gasteiger partial charge in [-0.25, -0.2) is 4.98 Å². The summed E-state index contributed by atoms with van der Waals surface area (Å²) >= 11 is 1.62. The molecule has 0 saturated carbocycles. The van der Waals surface area contributed by atoms with Crippen molar-refractivity contribution in [3.8, 4) is 5.75 Å². The maximum absolute atomic E-state index is 13.1. The molecule has 1 amide bonds. The molecule has 2 aromatic rings. The third kappa shape index (κ3) is 5.95. The fourth-order valence-corrected chi connectivity index (χ4v) is 4.04. The van der Waals surface area contributed by atoms with Gasteiger partial charge in [-0.1, -0.05) is 6.92 Å². The Morgan fingerprint density at radius 2 is 2.07 bits per heavy atom. The number of ether oxygens (including phenoxy) is 1. The number of alkyl halides is 3. The van der Waals surface area contributed by atoms with E-state index in [0.717, 1.165) is 42.5 Å². The molecule has 1 aromatic heterocycles. The van der Waals surface area contributed by atoms with Gasteiger partial charge in [-0.2, -0.15) is 13.2 Å². The number of carbonyl (C=O) groups excluding carboxylic acids is 1. The highest BCUT2D eigenvalue weighted by molar-refractivity contribution is 7.09. The van der Waals surface area contributed by atoms with Crippen molar-refractivity contribution < 1.29 is 22.7 Å². The largest absolute Gasteiger partial charge is 0.491 e. The van der Waals surface area contributed by atoms with Crippen molar-refractivity contribution in [3.63, 3.8) is 0 Å². The molecule has 0 radical (unpaired) electrons. The number of piperidine rings is 1. The van der Waals surface area contributed by atoms with Crippen LogP contribution in [0.2, 0.25) is 0 Å². The number of rotatable bonds is 7. The molecular formula is C21H26F3N3O2S. The number of nitrogens with one attached hydrogen (secondary N) is 1. The molecule has 2 heterocycles. The van der Waals surface area contributed by atoms with E-state index in [0.29, 0.717) is 25.9 Å². The number of nitrogens with zero attached hydrogens (tertiary/aromatic N) is 2. The first-order valence-electron chi connectivity index (χ1n) is 10.0. The van der Waals surface area contributed by atoms with E-state index < -0.39 is 11.7 Å². The molecule has 30 heavy (non-hydrogen) atoms. The van der Waals surface area contributed by atoms with Crippen LogP contribution in [0, 0.1) is 12.8 Å². The first-order valence-corrected chi connectivity index (χ1v) is 10.9. The number of amides is 1. The lowest BCUT2D eigenvalue weighted by atomic mass is 9.95. The minimum Gasteiger partial charge on any atom is -0.491 e. The van der Waals surface area contributed by atoms with E-state index in [2.05, 4.69) is 15.2 Å². The molecule has 1 saturated heterocycles. The van der Waals surface area contributed by atoms with Gasteiger partial charge >= 0.3 is 6.18 Å². The Hall–Kier alpha value is -2.13. The van der Waals surface area contributed by atoms with Crippen LogP contribution >= 0.6 is 11.3 Å². The van der Waals surface area contributed by atoms with Gasteiger partial charge in [0.05, 0.1) is 28.6 Å². The Kier molecular flexibility index (Phi) is 7.36. The van der Waals surface area contributed by atoms with Crippen LogP contribution in [0.3, 0.4) is 0 Å². The van der Waals surface area contributed by atoms with E-state index in [-0.39, 0.29) is 23.3 Å². The Morgan fingerprint density at radius 1 is 1.33 bits per heavy atom. The van der Waals surface area contributed by atoms with Gasteiger partial charge in [0.15, 0.2) is 0 Å². The Labute approximate surface area is 178 Å². The molecule has 0 aliphatic carbocycles. The van der Waals surface area contributed by atoms with E-state index >= 15 is 0 Å². The number of aryl methyl sites for hydroxylation is 1. The van der Waals surface area contributed by atoms with Crippen molar-refractivity contribution in [1.82, 2.24) is 9.88 Å². The van der Waals surface area contributed by atoms with E-state index in [1.165, 1.54) is 6.07 Å². The monoisotopic (exact) mass is 441 g/mol. The highest BCUT2D eigenvalue weighted by Gasteiger charge is 2.32.